The van der Waals surface area contributed by atoms with Crippen LogP contribution in [0.3, 0.4) is 0 Å². The van der Waals surface area contributed by atoms with Gasteiger partial charge in [-0.1, -0.05) is 118 Å². The Kier molecular flexibility index (Phi) is 7.14. The van der Waals surface area contributed by atoms with Gasteiger partial charge >= 0.3 is 0 Å². The maximum Gasteiger partial charge on any atom is 0.0465 e. The molecule has 1 nitrogen and oxygen atoms in total. The van der Waals surface area contributed by atoms with Crippen LogP contribution >= 0.6 is 0 Å². The molecule has 5 aromatic carbocycles. The zero-order chi connectivity index (χ0) is 31.5. The molecule has 5 aromatic rings. The molecule has 4 aliphatic carbocycles. The third kappa shape index (κ3) is 4.97. The molecule has 2 bridgehead atoms. The van der Waals surface area contributed by atoms with Crippen molar-refractivity contribution >= 4 is 17.1 Å². The molecule has 47 heavy (non-hydrogen) atoms. The van der Waals surface area contributed by atoms with Crippen LogP contribution in [0.4, 0.5) is 17.1 Å². The molecule has 9 rings (SSSR count). The molecule has 3 unspecified atom stereocenters. The molecule has 0 spiro atoms. The van der Waals surface area contributed by atoms with Gasteiger partial charge in [-0.15, -0.1) is 0 Å². The van der Waals surface area contributed by atoms with Crippen molar-refractivity contribution in [2.24, 2.45) is 11.8 Å². The summed E-state index contributed by atoms with van der Waals surface area (Å²) < 4.78 is 0. The molecule has 0 heterocycles. The lowest BCUT2D eigenvalue weighted by Crippen LogP contribution is -2.17. The summed E-state index contributed by atoms with van der Waals surface area (Å²) in [5.74, 6) is 3.33. The quantitative estimate of drug-likeness (QED) is 0.184. The standard InChI is InChI=1S/C46H47N/c1-46(2)44-30-39(26-27-41(44)42-15-9-14-40(45(42)46)34-12-7-4-8-13-34)47(37-22-18-33(19-23-37)32-10-5-3-6-11-32)38-24-20-35(21-25-38)43-29-31-16-17-36(43)28-31/h4,7-9,12-15,18-27,30-32,36,43H,3,5-6,10-11,16-17,28-29H2,1-2H3. The lowest BCUT2D eigenvalue weighted by molar-refractivity contribution is 0.420. The Morgan fingerprint density at radius 1 is 0.553 bits per heavy atom. The van der Waals surface area contributed by atoms with Crippen LogP contribution < -0.4 is 4.90 Å². The third-order valence-corrected chi connectivity index (χ3v) is 12.5. The summed E-state index contributed by atoms with van der Waals surface area (Å²) in [4.78, 5) is 2.51. The Morgan fingerprint density at radius 3 is 1.91 bits per heavy atom. The fourth-order valence-electron chi connectivity index (χ4n) is 10.2. The summed E-state index contributed by atoms with van der Waals surface area (Å²) in [7, 11) is 0. The van der Waals surface area contributed by atoms with Crippen molar-refractivity contribution in [1.82, 2.24) is 0 Å². The summed E-state index contributed by atoms with van der Waals surface area (Å²) in [6.07, 6.45) is 12.5. The fraction of sp³-hybridized carbons (Fsp3) is 0.348. The van der Waals surface area contributed by atoms with Crippen molar-refractivity contribution in [2.75, 3.05) is 4.90 Å². The van der Waals surface area contributed by atoms with E-state index in [1.165, 1.54) is 114 Å². The second-order valence-electron chi connectivity index (χ2n) is 15.6. The highest BCUT2D eigenvalue weighted by Gasteiger charge is 2.40. The average molecular weight is 614 g/mol. The molecular weight excluding hydrogens is 567 g/mol. The Balaban J connectivity index is 1.12. The molecule has 0 aromatic heterocycles. The highest BCUT2D eigenvalue weighted by molar-refractivity contribution is 5.90. The van der Waals surface area contributed by atoms with Gasteiger partial charge in [0, 0.05) is 22.5 Å². The number of fused-ring (bicyclic) bond motifs is 5. The van der Waals surface area contributed by atoms with Crippen molar-refractivity contribution in [3.63, 3.8) is 0 Å². The van der Waals surface area contributed by atoms with Crippen LogP contribution in [-0.4, -0.2) is 0 Å². The van der Waals surface area contributed by atoms with Crippen LogP contribution in [0, 0.1) is 11.8 Å². The van der Waals surface area contributed by atoms with Gasteiger partial charge in [0.25, 0.3) is 0 Å². The summed E-state index contributed by atoms with van der Waals surface area (Å²) >= 11 is 0. The second kappa shape index (κ2) is 11.6. The number of benzene rings is 5. The van der Waals surface area contributed by atoms with E-state index in [9.17, 15) is 0 Å². The Labute approximate surface area is 281 Å². The number of anilines is 3. The summed E-state index contributed by atoms with van der Waals surface area (Å²) in [5, 5.41) is 0. The number of rotatable bonds is 6. The van der Waals surface area contributed by atoms with Crippen molar-refractivity contribution < 1.29 is 0 Å². The lowest BCUT2D eigenvalue weighted by Gasteiger charge is -2.30. The van der Waals surface area contributed by atoms with Crippen LogP contribution in [0.2, 0.25) is 0 Å². The van der Waals surface area contributed by atoms with Gasteiger partial charge in [-0.3, -0.25) is 0 Å². The van der Waals surface area contributed by atoms with Gasteiger partial charge in [0.2, 0.25) is 0 Å². The predicted molar refractivity (Wildman–Crippen MR) is 198 cm³/mol. The van der Waals surface area contributed by atoms with Crippen LogP contribution in [0.1, 0.15) is 106 Å². The van der Waals surface area contributed by atoms with Gasteiger partial charge in [-0.25, -0.2) is 0 Å². The molecule has 3 atom stereocenters. The van der Waals surface area contributed by atoms with Gasteiger partial charge in [0.15, 0.2) is 0 Å². The largest absolute Gasteiger partial charge is 0.310 e. The first kappa shape index (κ1) is 29.1. The zero-order valence-electron chi connectivity index (χ0n) is 28.1. The molecule has 0 aliphatic heterocycles. The molecule has 3 saturated carbocycles. The molecule has 0 saturated heterocycles. The van der Waals surface area contributed by atoms with Gasteiger partial charge in [0.05, 0.1) is 0 Å². The fourth-order valence-corrected chi connectivity index (χ4v) is 10.2. The van der Waals surface area contributed by atoms with E-state index in [1.807, 2.05) is 0 Å². The summed E-state index contributed by atoms with van der Waals surface area (Å²) in [6.45, 7) is 4.84. The first-order valence-electron chi connectivity index (χ1n) is 18.4. The highest BCUT2D eigenvalue weighted by Crippen LogP contribution is 2.55. The Bertz CT molecular complexity index is 1890. The highest BCUT2D eigenvalue weighted by atomic mass is 15.1. The first-order chi connectivity index (χ1) is 23.0. The van der Waals surface area contributed by atoms with Crippen molar-refractivity contribution in [1.29, 1.82) is 0 Å². The first-order valence-corrected chi connectivity index (χ1v) is 18.4. The van der Waals surface area contributed by atoms with E-state index in [0.717, 1.165) is 17.8 Å². The maximum absolute atomic E-state index is 2.51. The van der Waals surface area contributed by atoms with E-state index in [0.29, 0.717) is 5.92 Å². The minimum Gasteiger partial charge on any atom is -0.310 e. The molecule has 4 aliphatic rings. The predicted octanol–water partition coefficient (Wildman–Crippen LogP) is 13.1. The average Bonchev–Trinajstić information content (AvgIpc) is 3.83. The van der Waals surface area contributed by atoms with Crippen LogP contribution in [0.15, 0.2) is 115 Å². The number of nitrogens with zero attached hydrogens (tertiary/aromatic N) is 1. The van der Waals surface area contributed by atoms with E-state index in [4.69, 9.17) is 0 Å². The van der Waals surface area contributed by atoms with E-state index in [-0.39, 0.29) is 5.41 Å². The van der Waals surface area contributed by atoms with Gasteiger partial charge in [-0.2, -0.15) is 0 Å². The van der Waals surface area contributed by atoms with E-state index in [2.05, 4.69) is 134 Å². The van der Waals surface area contributed by atoms with E-state index >= 15 is 0 Å². The lowest BCUT2D eigenvalue weighted by atomic mass is 9.78. The molecular formula is C46H47N. The molecule has 0 N–H and O–H groups in total. The molecule has 1 heteroatoms. The van der Waals surface area contributed by atoms with E-state index < -0.39 is 0 Å². The SMILES string of the molecule is CC1(C)c2cc(N(c3ccc(C4CCCCC4)cc3)c3ccc(C4CC5CCC4C5)cc3)ccc2-c2cccc(-c3ccccc3)c21. The monoisotopic (exact) mass is 613 g/mol. The van der Waals surface area contributed by atoms with Crippen molar-refractivity contribution in [2.45, 2.75) is 88.9 Å². The van der Waals surface area contributed by atoms with Crippen LogP contribution in [0.5, 0.6) is 0 Å². The molecule has 3 fully saturated rings. The minimum atomic E-state index is -0.116. The van der Waals surface area contributed by atoms with Gasteiger partial charge in [0.1, 0.15) is 0 Å². The van der Waals surface area contributed by atoms with Crippen LogP contribution in [-0.2, 0) is 5.41 Å². The van der Waals surface area contributed by atoms with Gasteiger partial charge < -0.3 is 4.90 Å². The van der Waals surface area contributed by atoms with Crippen molar-refractivity contribution in [3.05, 3.63) is 138 Å². The Hall–Kier alpha value is -4.10. The summed E-state index contributed by atoms with van der Waals surface area (Å²) in [6, 6.07) is 44.3. The number of hydrogen-bond donors (Lipinski definition) is 0. The molecule has 0 radical (unpaired) electrons. The topological polar surface area (TPSA) is 3.24 Å². The van der Waals surface area contributed by atoms with Crippen LogP contribution in [0.25, 0.3) is 22.3 Å². The van der Waals surface area contributed by atoms with Crippen molar-refractivity contribution in [3.8, 4) is 22.3 Å². The zero-order valence-corrected chi connectivity index (χ0v) is 28.1. The number of hydrogen-bond acceptors (Lipinski definition) is 1. The second-order valence-corrected chi connectivity index (χ2v) is 15.6. The smallest absolute Gasteiger partial charge is 0.0465 e. The maximum atomic E-state index is 2.51. The third-order valence-electron chi connectivity index (χ3n) is 12.5. The molecule has 236 valence electrons. The normalized spacial score (nSPS) is 22.6. The van der Waals surface area contributed by atoms with E-state index in [1.54, 1.807) is 5.56 Å². The Morgan fingerprint density at radius 2 is 1.23 bits per heavy atom. The minimum absolute atomic E-state index is 0.116. The summed E-state index contributed by atoms with van der Waals surface area (Å²) in [5.41, 5.74) is 14.9. The van der Waals surface area contributed by atoms with Gasteiger partial charge in [-0.05, 0) is 137 Å². The molecule has 0 amide bonds.